The predicted molar refractivity (Wildman–Crippen MR) is 131 cm³/mol. The highest BCUT2D eigenvalue weighted by molar-refractivity contribution is 5.94. The first-order chi connectivity index (χ1) is 16.5. The Morgan fingerprint density at radius 3 is 2.03 bits per heavy atom. The van der Waals surface area contributed by atoms with Crippen LogP contribution in [0.1, 0.15) is 52.0 Å². The Balaban J connectivity index is 3.02. The minimum atomic E-state index is -1.25. The van der Waals surface area contributed by atoms with Crippen molar-refractivity contribution in [3.63, 3.8) is 0 Å². The molecule has 3 amide bonds. The molecule has 1 aromatic rings. The lowest BCUT2D eigenvalue weighted by atomic mass is 9.97. The third-order valence-corrected chi connectivity index (χ3v) is 5.78. The highest BCUT2D eigenvalue weighted by Gasteiger charge is 2.31. The first-order valence-corrected chi connectivity index (χ1v) is 11.9. The quantitative estimate of drug-likeness (QED) is 0.166. The van der Waals surface area contributed by atoms with Gasteiger partial charge < -0.3 is 37.6 Å². The summed E-state index contributed by atoms with van der Waals surface area (Å²) in [5, 5.41) is 26.9. The molecule has 0 aliphatic heterocycles. The molecule has 0 saturated heterocycles. The Bertz CT molecular complexity index is 845. The molecule has 11 nitrogen and oxygen atoms in total. The minimum Gasteiger partial charge on any atom is -0.508 e. The second-order valence-corrected chi connectivity index (χ2v) is 8.78. The minimum absolute atomic E-state index is 0.00917. The van der Waals surface area contributed by atoms with E-state index in [1.54, 1.807) is 19.1 Å². The average Bonchev–Trinajstić information content (AvgIpc) is 2.81. The van der Waals surface area contributed by atoms with Crippen molar-refractivity contribution in [1.82, 2.24) is 16.0 Å². The zero-order chi connectivity index (χ0) is 26.5. The fraction of sp³-hybridized carbons (Fsp3) is 0.583. The van der Waals surface area contributed by atoms with E-state index in [4.69, 9.17) is 11.5 Å². The number of phenolic OH excluding ortho intramolecular Hbond substituents is 1. The first-order valence-electron chi connectivity index (χ1n) is 11.9. The van der Waals surface area contributed by atoms with Gasteiger partial charge in [0.15, 0.2) is 0 Å². The van der Waals surface area contributed by atoms with E-state index < -0.39 is 47.9 Å². The van der Waals surface area contributed by atoms with E-state index in [1.165, 1.54) is 19.1 Å². The molecule has 196 valence electrons. The first kappa shape index (κ1) is 29.9. The molecule has 11 heteroatoms. The number of amides is 3. The number of unbranched alkanes of at least 4 members (excludes halogenated alkanes) is 1. The van der Waals surface area contributed by atoms with Crippen molar-refractivity contribution in [3.05, 3.63) is 29.8 Å². The molecule has 1 aromatic carbocycles. The van der Waals surface area contributed by atoms with E-state index in [9.17, 15) is 29.4 Å². The molecule has 5 unspecified atom stereocenters. The van der Waals surface area contributed by atoms with Crippen LogP contribution in [-0.2, 0) is 25.6 Å². The fourth-order valence-electron chi connectivity index (χ4n) is 3.35. The van der Waals surface area contributed by atoms with Crippen molar-refractivity contribution >= 4 is 23.7 Å². The summed E-state index contributed by atoms with van der Waals surface area (Å²) >= 11 is 0. The van der Waals surface area contributed by atoms with Crippen LogP contribution in [0, 0.1) is 5.92 Å². The molecule has 0 spiro atoms. The van der Waals surface area contributed by atoms with E-state index >= 15 is 0 Å². The molecule has 9 N–H and O–H groups in total. The number of carboxylic acid groups (broad SMARTS) is 1. The van der Waals surface area contributed by atoms with Crippen molar-refractivity contribution in [3.8, 4) is 5.75 Å². The lowest BCUT2D eigenvalue weighted by molar-refractivity contribution is -0.142. The van der Waals surface area contributed by atoms with Crippen LogP contribution in [0.5, 0.6) is 5.75 Å². The molecule has 0 aliphatic carbocycles. The van der Waals surface area contributed by atoms with E-state index in [0.29, 0.717) is 31.4 Å². The number of aliphatic carboxylic acids is 1. The second kappa shape index (κ2) is 14.9. The number of nitrogens with two attached hydrogens (primary N) is 2. The summed E-state index contributed by atoms with van der Waals surface area (Å²) in [5.41, 5.74) is 11.8. The molecule has 0 fully saturated rings. The summed E-state index contributed by atoms with van der Waals surface area (Å²) in [5.74, 6) is -3.12. The Labute approximate surface area is 206 Å². The Morgan fingerprint density at radius 2 is 1.51 bits per heavy atom. The Hall–Kier alpha value is -3.18. The number of nitrogens with one attached hydrogen (secondary N) is 3. The summed E-state index contributed by atoms with van der Waals surface area (Å²) in [6.45, 7) is 5.58. The van der Waals surface area contributed by atoms with Crippen molar-refractivity contribution in [1.29, 1.82) is 0 Å². The lowest BCUT2D eigenvalue weighted by Gasteiger charge is -2.27. The van der Waals surface area contributed by atoms with Gasteiger partial charge >= 0.3 is 5.97 Å². The van der Waals surface area contributed by atoms with E-state index in [-0.39, 0.29) is 24.5 Å². The molecule has 0 aliphatic rings. The van der Waals surface area contributed by atoms with Crippen LogP contribution in [0.15, 0.2) is 24.3 Å². The van der Waals surface area contributed by atoms with Gasteiger partial charge in [-0.1, -0.05) is 32.4 Å². The van der Waals surface area contributed by atoms with Crippen LogP contribution in [0.4, 0.5) is 0 Å². The molecule has 0 heterocycles. The Morgan fingerprint density at radius 1 is 0.914 bits per heavy atom. The van der Waals surface area contributed by atoms with E-state index in [2.05, 4.69) is 16.0 Å². The van der Waals surface area contributed by atoms with Gasteiger partial charge in [-0.3, -0.25) is 14.4 Å². The highest BCUT2D eigenvalue weighted by Crippen LogP contribution is 2.13. The fourth-order valence-corrected chi connectivity index (χ4v) is 3.35. The predicted octanol–water partition coefficient (Wildman–Crippen LogP) is -0.00400. The molecule has 0 saturated carbocycles. The SMILES string of the molecule is CCC(C)C(NC(=O)C(C)N)C(=O)NC(CCCCN)C(=O)NC(Cc1ccc(O)cc1)C(=O)O. The van der Waals surface area contributed by atoms with E-state index in [1.807, 2.05) is 6.92 Å². The number of rotatable bonds is 15. The average molecular weight is 494 g/mol. The number of carbonyl (C=O) groups excluding carboxylic acids is 3. The van der Waals surface area contributed by atoms with Gasteiger partial charge in [-0.2, -0.15) is 0 Å². The topological polar surface area (TPSA) is 197 Å². The molecule has 35 heavy (non-hydrogen) atoms. The summed E-state index contributed by atoms with van der Waals surface area (Å²) in [6.07, 6.45) is 1.98. The van der Waals surface area contributed by atoms with Gasteiger partial charge in [-0.25, -0.2) is 4.79 Å². The zero-order valence-corrected chi connectivity index (χ0v) is 20.6. The summed E-state index contributed by atoms with van der Waals surface area (Å²) < 4.78 is 0. The van der Waals surface area contributed by atoms with Crippen molar-refractivity contribution in [2.24, 2.45) is 17.4 Å². The molecule has 5 atom stereocenters. The number of benzene rings is 1. The van der Waals surface area contributed by atoms with Crippen LogP contribution in [0.3, 0.4) is 0 Å². The number of phenols is 1. The van der Waals surface area contributed by atoms with Gasteiger partial charge in [-0.05, 0) is 56.3 Å². The van der Waals surface area contributed by atoms with Gasteiger partial charge in [0.2, 0.25) is 17.7 Å². The molecule has 0 aromatic heterocycles. The maximum Gasteiger partial charge on any atom is 0.326 e. The second-order valence-electron chi connectivity index (χ2n) is 8.78. The van der Waals surface area contributed by atoms with Crippen molar-refractivity contribution in [2.75, 3.05) is 6.54 Å². The zero-order valence-electron chi connectivity index (χ0n) is 20.6. The highest BCUT2D eigenvalue weighted by atomic mass is 16.4. The molecule has 1 rings (SSSR count). The third-order valence-electron chi connectivity index (χ3n) is 5.78. The summed E-state index contributed by atoms with van der Waals surface area (Å²) in [6, 6.07) is 2.00. The largest absolute Gasteiger partial charge is 0.508 e. The number of hydrogen-bond acceptors (Lipinski definition) is 7. The van der Waals surface area contributed by atoms with Gasteiger partial charge in [0.1, 0.15) is 23.9 Å². The maximum absolute atomic E-state index is 13.1. The maximum atomic E-state index is 13.1. The Kier molecular flexibility index (Phi) is 12.7. The summed E-state index contributed by atoms with van der Waals surface area (Å²) in [7, 11) is 0. The lowest BCUT2D eigenvalue weighted by Crippen LogP contribution is -2.58. The smallest absolute Gasteiger partial charge is 0.326 e. The van der Waals surface area contributed by atoms with Crippen LogP contribution in [0.2, 0.25) is 0 Å². The van der Waals surface area contributed by atoms with Gasteiger partial charge in [0, 0.05) is 6.42 Å². The molecular formula is C24H39N5O6. The molecule has 0 radical (unpaired) electrons. The van der Waals surface area contributed by atoms with Crippen LogP contribution >= 0.6 is 0 Å². The van der Waals surface area contributed by atoms with Crippen LogP contribution in [-0.4, -0.2) is 64.6 Å². The van der Waals surface area contributed by atoms with Crippen LogP contribution in [0.25, 0.3) is 0 Å². The van der Waals surface area contributed by atoms with Gasteiger partial charge in [0.05, 0.1) is 6.04 Å². The standard InChI is InChI=1S/C24H39N5O6/c1-4-14(2)20(29-21(31)15(3)26)23(33)27-18(7-5-6-12-25)22(32)28-19(24(34)35)13-16-8-10-17(30)11-9-16/h8-11,14-15,18-20,30H,4-7,12-13,25-26H2,1-3H3,(H,27,33)(H,28,32)(H,29,31)(H,34,35). The number of carbonyl (C=O) groups is 4. The van der Waals surface area contributed by atoms with Crippen molar-refractivity contribution in [2.45, 2.75) is 77.0 Å². The number of carboxylic acids is 1. The third kappa shape index (κ3) is 10.3. The molecular weight excluding hydrogens is 454 g/mol. The molecule has 0 bridgehead atoms. The van der Waals surface area contributed by atoms with Crippen LogP contribution < -0.4 is 27.4 Å². The summed E-state index contributed by atoms with van der Waals surface area (Å²) in [4.78, 5) is 50.1. The number of aromatic hydroxyl groups is 1. The van der Waals surface area contributed by atoms with Gasteiger partial charge in [-0.15, -0.1) is 0 Å². The number of hydrogen-bond donors (Lipinski definition) is 7. The van der Waals surface area contributed by atoms with E-state index in [0.717, 1.165) is 0 Å². The van der Waals surface area contributed by atoms with Crippen molar-refractivity contribution < 1.29 is 29.4 Å². The normalized spacial score (nSPS) is 15.2. The van der Waals surface area contributed by atoms with Gasteiger partial charge in [0.25, 0.3) is 0 Å². The monoisotopic (exact) mass is 493 g/mol.